The van der Waals surface area contributed by atoms with Crippen molar-refractivity contribution in [1.82, 2.24) is 4.72 Å². The summed E-state index contributed by atoms with van der Waals surface area (Å²) in [6.45, 7) is 6.95. The fraction of sp³-hybridized carbons (Fsp3) is 0.600. The highest BCUT2D eigenvalue weighted by molar-refractivity contribution is 7.89. The zero-order valence-corrected chi connectivity index (χ0v) is 13.4. The van der Waals surface area contributed by atoms with Crippen LogP contribution in [0.25, 0.3) is 0 Å². The first-order valence-corrected chi connectivity index (χ1v) is 8.63. The minimum absolute atomic E-state index is 0.0219. The Balaban J connectivity index is 2.58. The van der Waals surface area contributed by atoms with E-state index in [9.17, 15) is 8.42 Å². The van der Waals surface area contributed by atoms with Gasteiger partial charge in [0.1, 0.15) is 0 Å². The highest BCUT2D eigenvalue weighted by Gasteiger charge is 2.22. The van der Waals surface area contributed by atoms with Crippen molar-refractivity contribution >= 4 is 10.0 Å². The first kappa shape index (κ1) is 17.1. The van der Waals surface area contributed by atoms with Gasteiger partial charge in [0.25, 0.3) is 0 Å². The second-order valence-electron chi connectivity index (χ2n) is 6.12. The van der Waals surface area contributed by atoms with E-state index in [2.05, 4.69) is 4.72 Å². The minimum atomic E-state index is -3.27. The lowest BCUT2D eigenvalue weighted by molar-refractivity contribution is 0.340. The van der Waals surface area contributed by atoms with Gasteiger partial charge in [-0.2, -0.15) is 0 Å². The van der Waals surface area contributed by atoms with Gasteiger partial charge < -0.3 is 5.73 Å². The van der Waals surface area contributed by atoms with Crippen LogP contribution in [0.4, 0.5) is 0 Å². The van der Waals surface area contributed by atoms with Crippen LogP contribution in [0.2, 0.25) is 0 Å². The molecule has 0 aliphatic carbocycles. The van der Waals surface area contributed by atoms with Crippen LogP contribution < -0.4 is 10.5 Å². The van der Waals surface area contributed by atoms with E-state index in [-0.39, 0.29) is 17.1 Å². The van der Waals surface area contributed by atoms with Gasteiger partial charge in [-0.3, -0.25) is 0 Å². The van der Waals surface area contributed by atoms with Gasteiger partial charge in [0.05, 0.1) is 5.75 Å². The third-order valence-corrected chi connectivity index (χ3v) is 4.95. The molecule has 0 saturated carbocycles. The number of sulfonamides is 1. The standard InChI is InChI=1S/C15H26N2O2S/c1-13(14-7-5-4-6-8-14)11-20(18,19)17-12-15(2,3)9-10-16/h4-8,13,17H,9-12,16H2,1-3H3. The van der Waals surface area contributed by atoms with Gasteiger partial charge in [-0.25, -0.2) is 13.1 Å². The Bertz CT molecular complexity index is 498. The number of nitrogens with two attached hydrogens (primary N) is 1. The molecule has 20 heavy (non-hydrogen) atoms. The van der Waals surface area contributed by atoms with E-state index < -0.39 is 10.0 Å². The molecule has 0 aliphatic heterocycles. The molecule has 0 radical (unpaired) electrons. The molecule has 0 bridgehead atoms. The van der Waals surface area contributed by atoms with Crippen molar-refractivity contribution in [3.8, 4) is 0 Å². The Hall–Kier alpha value is -0.910. The van der Waals surface area contributed by atoms with Crippen LogP contribution in [-0.2, 0) is 10.0 Å². The van der Waals surface area contributed by atoms with Crippen LogP contribution in [0.5, 0.6) is 0 Å². The summed E-state index contributed by atoms with van der Waals surface area (Å²) in [7, 11) is -3.27. The summed E-state index contributed by atoms with van der Waals surface area (Å²) in [5.41, 5.74) is 6.46. The van der Waals surface area contributed by atoms with E-state index in [1.54, 1.807) is 0 Å². The van der Waals surface area contributed by atoms with Gasteiger partial charge in [0.15, 0.2) is 0 Å². The lowest BCUT2D eigenvalue weighted by Gasteiger charge is -2.24. The Morgan fingerprint density at radius 1 is 1.25 bits per heavy atom. The topological polar surface area (TPSA) is 72.2 Å². The Kier molecular flexibility index (Phi) is 6.17. The van der Waals surface area contributed by atoms with Crippen molar-refractivity contribution in [3.05, 3.63) is 35.9 Å². The normalized spacial score (nSPS) is 14.2. The van der Waals surface area contributed by atoms with Crippen LogP contribution in [0, 0.1) is 5.41 Å². The molecular weight excluding hydrogens is 272 g/mol. The first-order chi connectivity index (χ1) is 9.26. The Morgan fingerprint density at radius 3 is 2.40 bits per heavy atom. The van der Waals surface area contributed by atoms with Crippen LogP contribution in [-0.4, -0.2) is 27.3 Å². The number of nitrogens with one attached hydrogen (secondary N) is 1. The maximum atomic E-state index is 12.1. The first-order valence-electron chi connectivity index (χ1n) is 6.98. The summed E-state index contributed by atoms with van der Waals surface area (Å²) >= 11 is 0. The zero-order valence-electron chi connectivity index (χ0n) is 12.6. The molecule has 0 spiro atoms. The molecule has 0 aliphatic rings. The van der Waals surface area contributed by atoms with Crippen molar-refractivity contribution in [2.45, 2.75) is 33.1 Å². The molecule has 114 valence electrons. The fourth-order valence-electron chi connectivity index (χ4n) is 2.05. The van der Waals surface area contributed by atoms with Gasteiger partial charge in [-0.05, 0) is 29.9 Å². The summed E-state index contributed by atoms with van der Waals surface area (Å²) < 4.78 is 26.9. The van der Waals surface area contributed by atoms with E-state index >= 15 is 0 Å². The summed E-state index contributed by atoms with van der Waals surface area (Å²) in [4.78, 5) is 0. The number of benzene rings is 1. The van der Waals surface area contributed by atoms with Crippen molar-refractivity contribution in [1.29, 1.82) is 0 Å². The van der Waals surface area contributed by atoms with Crippen molar-refractivity contribution in [2.24, 2.45) is 11.1 Å². The molecule has 4 nitrogen and oxygen atoms in total. The average molecular weight is 298 g/mol. The molecule has 3 N–H and O–H groups in total. The van der Waals surface area contributed by atoms with Crippen molar-refractivity contribution in [3.63, 3.8) is 0 Å². The molecule has 0 fully saturated rings. The van der Waals surface area contributed by atoms with Gasteiger partial charge in [-0.1, -0.05) is 51.1 Å². The molecule has 1 unspecified atom stereocenters. The molecule has 0 aromatic heterocycles. The molecule has 1 aromatic rings. The molecule has 0 saturated heterocycles. The van der Waals surface area contributed by atoms with Crippen LogP contribution in [0.1, 0.15) is 38.7 Å². The molecule has 1 aromatic carbocycles. The van der Waals surface area contributed by atoms with Crippen molar-refractivity contribution < 1.29 is 8.42 Å². The molecule has 1 atom stereocenters. The maximum absolute atomic E-state index is 12.1. The summed E-state index contributed by atoms with van der Waals surface area (Å²) in [5, 5.41) is 0. The average Bonchev–Trinajstić information content (AvgIpc) is 2.37. The van der Waals surface area contributed by atoms with Crippen LogP contribution >= 0.6 is 0 Å². The number of rotatable bonds is 8. The SMILES string of the molecule is CC(CS(=O)(=O)NCC(C)(C)CCN)c1ccccc1. The van der Waals surface area contributed by atoms with Gasteiger partial charge in [-0.15, -0.1) is 0 Å². The van der Waals surface area contributed by atoms with Crippen LogP contribution in [0.15, 0.2) is 30.3 Å². The highest BCUT2D eigenvalue weighted by atomic mass is 32.2. The summed E-state index contributed by atoms with van der Waals surface area (Å²) in [6, 6.07) is 9.70. The Labute approximate surface area is 122 Å². The number of hydrogen-bond acceptors (Lipinski definition) is 3. The lowest BCUT2D eigenvalue weighted by atomic mass is 9.90. The van der Waals surface area contributed by atoms with E-state index in [1.165, 1.54) is 0 Å². The Morgan fingerprint density at radius 2 is 1.85 bits per heavy atom. The predicted molar refractivity (Wildman–Crippen MR) is 84.1 cm³/mol. The molecule has 1 rings (SSSR count). The second-order valence-corrected chi connectivity index (χ2v) is 7.97. The van der Waals surface area contributed by atoms with Gasteiger partial charge in [0.2, 0.25) is 10.0 Å². The quantitative estimate of drug-likeness (QED) is 0.772. The highest BCUT2D eigenvalue weighted by Crippen LogP contribution is 2.20. The summed E-state index contributed by atoms with van der Waals surface area (Å²) in [6.07, 6.45) is 0.795. The van der Waals surface area contributed by atoms with Gasteiger partial charge in [0, 0.05) is 6.54 Å². The van der Waals surface area contributed by atoms with E-state index in [1.807, 2.05) is 51.1 Å². The molecule has 0 heterocycles. The third-order valence-electron chi connectivity index (χ3n) is 3.43. The van der Waals surface area contributed by atoms with Crippen molar-refractivity contribution in [2.75, 3.05) is 18.8 Å². The van der Waals surface area contributed by atoms with E-state index in [4.69, 9.17) is 5.73 Å². The summed E-state index contributed by atoms with van der Waals surface area (Å²) in [5.74, 6) is 0.0849. The van der Waals surface area contributed by atoms with E-state index in [0.717, 1.165) is 12.0 Å². The monoisotopic (exact) mass is 298 g/mol. The third kappa shape index (κ3) is 6.03. The zero-order chi connectivity index (χ0) is 15.2. The largest absolute Gasteiger partial charge is 0.330 e. The van der Waals surface area contributed by atoms with Crippen LogP contribution in [0.3, 0.4) is 0 Å². The minimum Gasteiger partial charge on any atom is -0.330 e. The molecule has 5 heteroatoms. The molecule has 0 amide bonds. The predicted octanol–water partition coefficient (Wildman–Crippen LogP) is 2.08. The fourth-order valence-corrected chi connectivity index (χ4v) is 3.63. The number of hydrogen-bond donors (Lipinski definition) is 2. The second kappa shape index (κ2) is 7.20. The maximum Gasteiger partial charge on any atom is 0.212 e. The lowest BCUT2D eigenvalue weighted by Crippen LogP contribution is -2.37. The van der Waals surface area contributed by atoms with E-state index in [0.29, 0.717) is 13.1 Å². The molecular formula is C15H26N2O2S. The van der Waals surface area contributed by atoms with Gasteiger partial charge >= 0.3 is 0 Å². The smallest absolute Gasteiger partial charge is 0.212 e.